The molecule has 0 spiro atoms. The fraction of sp³-hybridized carbons (Fsp3) is 0.0500. The molecule has 0 bridgehead atoms. The van der Waals surface area contributed by atoms with Crippen LogP contribution >= 0.6 is 11.6 Å². The minimum Gasteiger partial charge on any atom is -0.346 e. The van der Waals surface area contributed by atoms with Crippen LogP contribution in [-0.4, -0.2) is 25.5 Å². The third kappa shape index (κ3) is 3.75. The summed E-state index contributed by atoms with van der Waals surface area (Å²) in [4.78, 5) is 12.5. The van der Waals surface area contributed by atoms with E-state index in [4.69, 9.17) is 11.6 Å². The lowest BCUT2D eigenvalue weighted by Gasteiger charge is -2.10. The van der Waals surface area contributed by atoms with Gasteiger partial charge in [0.05, 0.1) is 11.4 Å². The van der Waals surface area contributed by atoms with E-state index in [1.807, 2.05) is 48.7 Å². The van der Waals surface area contributed by atoms with Gasteiger partial charge in [0.2, 0.25) is 0 Å². The number of para-hydroxylation sites is 1. The summed E-state index contributed by atoms with van der Waals surface area (Å²) in [5.74, 6) is -0.244. The summed E-state index contributed by atoms with van der Waals surface area (Å²) in [6, 6.07) is 18.6. The minimum atomic E-state index is -0.244. The highest BCUT2D eigenvalue weighted by molar-refractivity contribution is 6.30. The van der Waals surface area contributed by atoms with E-state index in [1.54, 1.807) is 40.0 Å². The molecule has 0 atom stereocenters. The molecular weight excluding hydrogens is 362 g/mol. The van der Waals surface area contributed by atoms with Crippen molar-refractivity contribution in [2.75, 3.05) is 0 Å². The maximum absolute atomic E-state index is 12.5. The summed E-state index contributed by atoms with van der Waals surface area (Å²) in [6.45, 7) is 0.374. The van der Waals surface area contributed by atoms with Gasteiger partial charge in [-0.15, -0.1) is 0 Å². The number of benzene rings is 2. The number of halogens is 1. The van der Waals surface area contributed by atoms with Crippen LogP contribution < -0.4 is 5.32 Å². The lowest BCUT2D eigenvalue weighted by Crippen LogP contribution is -2.24. The Morgan fingerprint density at radius 3 is 2.70 bits per heavy atom. The van der Waals surface area contributed by atoms with Gasteiger partial charge in [-0.1, -0.05) is 35.9 Å². The van der Waals surface area contributed by atoms with E-state index in [0.29, 0.717) is 17.3 Å². The molecule has 0 aliphatic carbocycles. The molecule has 2 aromatic carbocycles. The Bertz CT molecular complexity index is 1070. The molecule has 27 heavy (non-hydrogen) atoms. The van der Waals surface area contributed by atoms with E-state index in [-0.39, 0.29) is 5.91 Å². The van der Waals surface area contributed by atoms with E-state index in [2.05, 4.69) is 15.5 Å². The molecule has 4 aromatic rings. The predicted molar refractivity (Wildman–Crippen MR) is 103 cm³/mol. The van der Waals surface area contributed by atoms with Crippen LogP contribution in [0.25, 0.3) is 11.4 Å². The van der Waals surface area contributed by atoms with Crippen molar-refractivity contribution in [3.8, 4) is 11.4 Å². The average Bonchev–Trinajstić information content (AvgIpc) is 3.38. The fourth-order valence-electron chi connectivity index (χ4n) is 2.77. The first-order chi connectivity index (χ1) is 13.2. The summed E-state index contributed by atoms with van der Waals surface area (Å²) in [5.41, 5.74) is 3.02. The molecule has 0 aliphatic rings. The second-order valence-electron chi connectivity index (χ2n) is 5.89. The summed E-state index contributed by atoms with van der Waals surface area (Å²) >= 11 is 6.01. The zero-order valence-corrected chi connectivity index (χ0v) is 15.0. The number of aromatic nitrogens is 4. The van der Waals surface area contributed by atoms with Gasteiger partial charge in [0.1, 0.15) is 0 Å². The van der Waals surface area contributed by atoms with Gasteiger partial charge in [0, 0.05) is 30.2 Å². The van der Waals surface area contributed by atoms with Crippen molar-refractivity contribution in [3.63, 3.8) is 0 Å². The monoisotopic (exact) mass is 377 g/mol. The molecule has 0 radical (unpaired) electrons. The number of rotatable bonds is 5. The summed E-state index contributed by atoms with van der Waals surface area (Å²) in [5, 5.41) is 12.1. The third-order valence-corrected chi connectivity index (χ3v) is 4.31. The van der Waals surface area contributed by atoms with Crippen molar-refractivity contribution in [2.45, 2.75) is 6.54 Å². The molecular formula is C20H16ClN5O. The molecule has 134 valence electrons. The molecule has 7 heteroatoms. The first-order valence-corrected chi connectivity index (χ1v) is 8.76. The van der Waals surface area contributed by atoms with E-state index in [9.17, 15) is 4.79 Å². The van der Waals surface area contributed by atoms with Gasteiger partial charge in [-0.25, -0.2) is 9.36 Å². The van der Waals surface area contributed by atoms with Gasteiger partial charge in [-0.3, -0.25) is 4.79 Å². The van der Waals surface area contributed by atoms with Gasteiger partial charge in [0.15, 0.2) is 5.69 Å². The molecule has 1 amide bonds. The Balaban J connectivity index is 1.48. The van der Waals surface area contributed by atoms with Crippen molar-refractivity contribution >= 4 is 17.5 Å². The molecule has 0 saturated carbocycles. The molecule has 2 heterocycles. The number of nitrogens with one attached hydrogen (secondary N) is 1. The Labute approximate surface area is 161 Å². The second-order valence-corrected chi connectivity index (χ2v) is 6.32. The zero-order valence-electron chi connectivity index (χ0n) is 14.3. The van der Waals surface area contributed by atoms with Crippen LogP contribution in [0.1, 0.15) is 16.1 Å². The van der Waals surface area contributed by atoms with Crippen molar-refractivity contribution in [1.29, 1.82) is 0 Å². The number of hydrogen-bond donors (Lipinski definition) is 1. The minimum absolute atomic E-state index is 0.244. The first-order valence-electron chi connectivity index (χ1n) is 8.38. The van der Waals surface area contributed by atoms with Crippen molar-refractivity contribution < 1.29 is 4.79 Å². The maximum Gasteiger partial charge on any atom is 0.272 e. The van der Waals surface area contributed by atoms with E-state index in [1.165, 1.54) is 0 Å². The van der Waals surface area contributed by atoms with Crippen LogP contribution in [0.2, 0.25) is 5.02 Å². The highest BCUT2D eigenvalue weighted by Gasteiger charge is 2.12. The quantitative estimate of drug-likeness (QED) is 0.577. The van der Waals surface area contributed by atoms with Gasteiger partial charge in [-0.2, -0.15) is 10.2 Å². The average molecular weight is 378 g/mol. The fourth-order valence-corrected chi connectivity index (χ4v) is 2.95. The number of amides is 1. The second kappa shape index (κ2) is 7.47. The third-order valence-electron chi connectivity index (χ3n) is 4.08. The van der Waals surface area contributed by atoms with E-state index >= 15 is 0 Å². The Morgan fingerprint density at radius 1 is 1.00 bits per heavy atom. The smallest absolute Gasteiger partial charge is 0.272 e. The van der Waals surface area contributed by atoms with E-state index in [0.717, 1.165) is 16.9 Å². The molecule has 0 unspecified atom stereocenters. The van der Waals surface area contributed by atoms with Crippen molar-refractivity contribution in [1.82, 2.24) is 24.9 Å². The van der Waals surface area contributed by atoms with Crippen LogP contribution in [0.3, 0.4) is 0 Å². The number of hydrogen-bond acceptors (Lipinski definition) is 3. The van der Waals surface area contributed by atoms with E-state index < -0.39 is 0 Å². The molecule has 1 N–H and O–H groups in total. The largest absolute Gasteiger partial charge is 0.346 e. The van der Waals surface area contributed by atoms with Crippen molar-refractivity contribution in [3.05, 3.63) is 95.5 Å². The van der Waals surface area contributed by atoms with Crippen molar-refractivity contribution in [2.24, 2.45) is 0 Å². The number of carbonyl (C=O) groups is 1. The summed E-state index contributed by atoms with van der Waals surface area (Å²) in [7, 11) is 0. The predicted octanol–water partition coefficient (Wildman–Crippen LogP) is 3.64. The first kappa shape index (κ1) is 17.1. The maximum atomic E-state index is 12.5. The highest BCUT2D eigenvalue weighted by Crippen LogP contribution is 2.15. The Hall–Kier alpha value is -3.38. The van der Waals surface area contributed by atoms with Crippen LogP contribution in [-0.2, 0) is 6.54 Å². The number of carbonyl (C=O) groups excluding carboxylic acids is 1. The SMILES string of the molecule is O=C(NCc1ccccc1-n1cccn1)c1ccn(-c2cccc(Cl)c2)n1. The lowest BCUT2D eigenvalue weighted by atomic mass is 10.1. The lowest BCUT2D eigenvalue weighted by molar-refractivity contribution is 0.0945. The van der Waals surface area contributed by atoms with Gasteiger partial charge in [-0.05, 0) is 42.0 Å². The molecule has 0 fully saturated rings. The molecule has 2 aromatic heterocycles. The highest BCUT2D eigenvalue weighted by atomic mass is 35.5. The topological polar surface area (TPSA) is 64.7 Å². The molecule has 6 nitrogen and oxygen atoms in total. The zero-order chi connectivity index (χ0) is 18.6. The van der Waals surface area contributed by atoms with Gasteiger partial charge >= 0.3 is 0 Å². The molecule has 4 rings (SSSR count). The Kier molecular flexibility index (Phi) is 4.72. The summed E-state index contributed by atoms with van der Waals surface area (Å²) in [6.07, 6.45) is 5.32. The molecule has 0 aliphatic heterocycles. The van der Waals surface area contributed by atoms with Crippen LogP contribution in [0, 0.1) is 0 Å². The van der Waals surface area contributed by atoms with Crippen LogP contribution in [0.5, 0.6) is 0 Å². The molecule has 0 saturated heterocycles. The van der Waals surface area contributed by atoms with Gasteiger partial charge in [0.25, 0.3) is 5.91 Å². The van der Waals surface area contributed by atoms with Gasteiger partial charge < -0.3 is 5.32 Å². The van der Waals surface area contributed by atoms with Crippen LogP contribution in [0.15, 0.2) is 79.3 Å². The number of nitrogens with zero attached hydrogens (tertiary/aromatic N) is 4. The standard InChI is InChI=1S/C20H16ClN5O/c21-16-6-3-7-17(13-16)25-12-9-18(24-25)20(27)22-14-15-5-1-2-8-19(15)26-11-4-10-23-26/h1-13H,14H2,(H,22,27). The van der Waals surface area contributed by atoms with Crippen LogP contribution in [0.4, 0.5) is 0 Å². The normalized spacial score (nSPS) is 10.7. The Morgan fingerprint density at radius 2 is 1.89 bits per heavy atom. The summed E-state index contributed by atoms with van der Waals surface area (Å²) < 4.78 is 3.40.